The summed E-state index contributed by atoms with van der Waals surface area (Å²) in [4.78, 5) is 92.0. The van der Waals surface area contributed by atoms with Crippen LogP contribution in [0.1, 0.15) is 97.9 Å². The first kappa shape index (κ1) is 69.0. The number of fused-ring (bicyclic) bond motifs is 1. The number of carbonyl (C=O) groups excluding carboxylic acids is 5. The molecule has 3 aromatic heterocycles. The zero-order chi connectivity index (χ0) is 64.8. The Morgan fingerprint density at radius 3 is 2.35 bits per heavy atom. The predicted molar refractivity (Wildman–Crippen MR) is 339 cm³/mol. The summed E-state index contributed by atoms with van der Waals surface area (Å²) in [5.41, 5.74) is 7.66. The largest absolute Gasteiger partial charge is 0.491 e. The van der Waals surface area contributed by atoms with E-state index in [9.17, 15) is 33.9 Å². The molecule has 6 amide bonds. The molecule has 27 heteroatoms. The van der Waals surface area contributed by atoms with E-state index in [0.29, 0.717) is 68.5 Å². The summed E-state index contributed by atoms with van der Waals surface area (Å²) in [5, 5.41) is 34.2. The van der Waals surface area contributed by atoms with Gasteiger partial charge in [-0.1, -0.05) is 61.1 Å². The van der Waals surface area contributed by atoms with Crippen molar-refractivity contribution in [2.24, 2.45) is 11.7 Å². The number of alkyl carbamates (subject to hydrolysis) is 1. The van der Waals surface area contributed by atoms with Crippen LogP contribution in [0.2, 0.25) is 0 Å². The number of hydrogen-bond donors (Lipinski definition) is 7. The third kappa shape index (κ3) is 21.9. The van der Waals surface area contributed by atoms with Crippen LogP contribution in [0.4, 0.5) is 46.4 Å². The molecule has 0 bridgehead atoms. The molecule has 0 radical (unpaired) electrons. The van der Waals surface area contributed by atoms with Gasteiger partial charge in [0.05, 0.1) is 30.0 Å². The fourth-order valence-corrected chi connectivity index (χ4v) is 10.5. The maximum atomic E-state index is 15.4. The second-order valence-electron chi connectivity index (χ2n) is 22.1. The number of anilines is 5. The van der Waals surface area contributed by atoms with Gasteiger partial charge in [0.25, 0.3) is 0 Å². The summed E-state index contributed by atoms with van der Waals surface area (Å²) in [6.07, 6.45) is 5.60. The molecular weight excluding hydrogens is 1190 g/mol. The Kier molecular flexibility index (Phi) is 25.8. The first-order valence-corrected chi connectivity index (χ1v) is 30.2. The second-order valence-corrected chi connectivity index (χ2v) is 24.2. The summed E-state index contributed by atoms with van der Waals surface area (Å²) in [6, 6.07) is 15.8. The van der Waals surface area contributed by atoms with Gasteiger partial charge < -0.3 is 71.1 Å². The summed E-state index contributed by atoms with van der Waals surface area (Å²) in [7, 11) is 5.43. The predicted octanol–water partition coefficient (Wildman–Crippen LogP) is 8.72. The lowest BCUT2D eigenvalue weighted by Gasteiger charge is -2.27. The molecule has 0 unspecified atom stereocenters. The standard InChI is InChI=1S/C62H76FN13O11S2/c1-11-31-84-36-42-35-43(66-54(77)46(20-14-27-65-57(64)81)67-55(78)51(38(2)3)70-60(82)87-62(5,6)7)25-24-41(42)37-86-61(83)75(10)29-15-18-40-23-26-47(44(63)34-40)85-32-16-22-49-52(56(79)80)69-59(89-49)76(30-17-28-74(8)9)50-33-39(4)53(73-72-50)71-58-68-45-19-12-13-21-48(45)88-58/h1,12-13,19,21,23-26,33-35,38,46,51H,14,16-17,20,22,27-32,36-37H2,2-10H3,(H,66,77)(H,67,78)(H,70,82)(H,79,80)(H3,64,65,81)(H,68,71,73)/t46-,51-/m0/s1. The molecule has 0 saturated heterocycles. The van der Waals surface area contributed by atoms with Gasteiger partial charge in [0.2, 0.25) is 11.8 Å². The van der Waals surface area contributed by atoms with Gasteiger partial charge >= 0.3 is 24.2 Å². The Balaban J connectivity index is 1.03. The molecule has 89 heavy (non-hydrogen) atoms. The molecule has 2 atom stereocenters. The number of aromatic nitrogens is 4. The molecule has 3 heterocycles. The van der Waals surface area contributed by atoms with Gasteiger partial charge in [0.1, 0.15) is 30.9 Å². The average Bonchev–Trinajstić information content (AvgIpc) is 1.84. The minimum absolute atomic E-state index is 0.0215. The summed E-state index contributed by atoms with van der Waals surface area (Å²) >= 11 is 2.75. The maximum Gasteiger partial charge on any atom is 0.410 e. The molecule has 0 saturated carbocycles. The Hall–Kier alpha value is -9.15. The number of nitrogens with two attached hydrogens (primary N) is 1. The van der Waals surface area contributed by atoms with E-state index in [2.05, 4.69) is 69.4 Å². The Labute approximate surface area is 524 Å². The van der Waals surface area contributed by atoms with Crippen LogP contribution in [-0.2, 0) is 43.4 Å². The number of ether oxygens (including phenoxy) is 4. The number of primary amides is 1. The van der Waals surface area contributed by atoms with Crippen molar-refractivity contribution in [3.05, 3.63) is 105 Å². The number of aromatic carboxylic acids is 1. The number of carboxylic acids is 1. The summed E-state index contributed by atoms with van der Waals surface area (Å²) in [5.74, 6) is 5.65. The number of aryl methyl sites for hydroxylation is 2. The molecule has 0 aliphatic heterocycles. The molecule has 6 rings (SSSR count). The molecule has 0 spiro atoms. The second kappa shape index (κ2) is 33.3. The fraction of sp³-hybridized carbons (Fsp3) is 0.419. The molecule has 8 N–H and O–H groups in total. The van der Waals surface area contributed by atoms with Crippen LogP contribution in [0.25, 0.3) is 10.2 Å². The van der Waals surface area contributed by atoms with E-state index in [0.717, 1.165) is 28.7 Å². The van der Waals surface area contributed by atoms with Crippen molar-refractivity contribution < 1.29 is 57.2 Å². The van der Waals surface area contributed by atoms with Crippen molar-refractivity contribution in [1.82, 2.24) is 45.9 Å². The lowest BCUT2D eigenvalue weighted by Crippen LogP contribution is -2.55. The van der Waals surface area contributed by atoms with E-state index >= 15 is 4.39 Å². The number of urea groups is 1. The van der Waals surface area contributed by atoms with Gasteiger partial charge in [-0.2, -0.15) is 0 Å². The third-order valence-corrected chi connectivity index (χ3v) is 15.1. The zero-order valence-electron chi connectivity index (χ0n) is 51.3. The van der Waals surface area contributed by atoms with Crippen molar-refractivity contribution in [3.63, 3.8) is 0 Å². The molecule has 474 valence electrons. The van der Waals surface area contributed by atoms with Crippen LogP contribution in [-0.4, -0.2) is 149 Å². The Morgan fingerprint density at radius 2 is 1.66 bits per heavy atom. The van der Waals surface area contributed by atoms with Crippen molar-refractivity contribution in [3.8, 4) is 29.9 Å². The SMILES string of the molecule is C#CCOCc1cc(NC(=O)[C@H](CCCNC(N)=O)NC(=O)[C@@H](NC(=O)OC(C)(C)C)C(C)C)ccc1COC(=O)N(C)CC#Cc1ccc(OCCCc2sc(N(CCCN(C)C)c3cc(C)c(Nc4nc5ccccc5s4)nn3)nc2C(=O)O)c(F)c1. The molecule has 0 fully saturated rings. The molecule has 6 aromatic rings. The van der Waals surface area contributed by atoms with E-state index in [4.69, 9.17) is 31.1 Å². The van der Waals surface area contributed by atoms with E-state index < -0.39 is 65.4 Å². The van der Waals surface area contributed by atoms with Crippen LogP contribution in [0.3, 0.4) is 0 Å². The number of benzene rings is 3. The quantitative estimate of drug-likeness (QED) is 0.0164. The number of thiazole rings is 2. The van der Waals surface area contributed by atoms with Crippen LogP contribution in [0, 0.1) is 42.8 Å². The highest BCUT2D eigenvalue weighted by Crippen LogP contribution is 2.35. The van der Waals surface area contributed by atoms with Crippen molar-refractivity contribution in [1.29, 1.82) is 0 Å². The maximum absolute atomic E-state index is 15.4. The van der Waals surface area contributed by atoms with E-state index in [1.54, 1.807) is 58.9 Å². The van der Waals surface area contributed by atoms with Gasteiger partial charge in [0.15, 0.2) is 39.2 Å². The highest BCUT2D eigenvalue weighted by Gasteiger charge is 2.31. The lowest BCUT2D eigenvalue weighted by molar-refractivity contribution is -0.128. The van der Waals surface area contributed by atoms with Crippen LogP contribution >= 0.6 is 22.7 Å². The number of rotatable bonds is 30. The third-order valence-electron chi connectivity index (χ3n) is 13.0. The van der Waals surface area contributed by atoms with Crippen LogP contribution in [0.5, 0.6) is 5.75 Å². The minimum atomic E-state index is -1.18. The highest BCUT2D eigenvalue weighted by atomic mass is 32.1. The van der Waals surface area contributed by atoms with Gasteiger partial charge in [0, 0.05) is 36.3 Å². The number of hydrogen-bond acceptors (Lipinski definition) is 19. The number of terminal acetylenes is 1. The van der Waals surface area contributed by atoms with Crippen molar-refractivity contribution in [2.45, 2.75) is 105 Å². The number of nitrogens with one attached hydrogen (secondary N) is 5. The minimum Gasteiger partial charge on any atom is -0.491 e. The number of carbonyl (C=O) groups is 6. The number of amides is 6. The Morgan fingerprint density at radius 1 is 0.888 bits per heavy atom. The lowest BCUT2D eigenvalue weighted by atomic mass is 10.0. The van der Waals surface area contributed by atoms with Gasteiger partial charge in [-0.05, 0) is 152 Å². The van der Waals surface area contributed by atoms with E-state index in [1.165, 1.54) is 46.8 Å². The smallest absolute Gasteiger partial charge is 0.410 e. The average molecular weight is 1260 g/mol. The number of halogens is 1. The zero-order valence-corrected chi connectivity index (χ0v) is 52.9. The van der Waals surface area contributed by atoms with Gasteiger partial charge in [-0.15, -0.1) is 28.0 Å². The normalized spacial score (nSPS) is 11.8. The summed E-state index contributed by atoms with van der Waals surface area (Å²) in [6.45, 7) is 11.5. The van der Waals surface area contributed by atoms with Crippen molar-refractivity contribution in [2.75, 3.05) is 76.1 Å². The fourth-order valence-electron chi connectivity index (χ4n) is 8.53. The van der Waals surface area contributed by atoms with Crippen LogP contribution in [0.15, 0.2) is 66.7 Å². The Bertz CT molecular complexity index is 3520. The first-order valence-electron chi connectivity index (χ1n) is 28.6. The van der Waals surface area contributed by atoms with Crippen LogP contribution < -0.4 is 42.0 Å². The van der Waals surface area contributed by atoms with Gasteiger partial charge in [-0.25, -0.2) is 33.5 Å². The summed E-state index contributed by atoms with van der Waals surface area (Å²) < 4.78 is 38.8. The molecule has 24 nitrogen and oxygen atoms in total. The number of carboxylic acid groups (broad SMARTS) is 1. The van der Waals surface area contributed by atoms with E-state index in [-0.39, 0.29) is 63.8 Å². The van der Waals surface area contributed by atoms with E-state index in [1.807, 2.05) is 56.3 Å². The molecular formula is C62H76FN13O11S2. The number of para-hydroxylation sites is 1. The van der Waals surface area contributed by atoms with Gasteiger partial charge in [-0.3, -0.25) is 9.59 Å². The molecule has 3 aromatic carbocycles. The first-order chi connectivity index (χ1) is 42.4. The molecule has 0 aliphatic rings. The topological polar surface area (TPSA) is 307 Å². The number of nitrogens with zero attached hydrogens (tertiary/aromatic N) is 7. The molecule has 0 aliphatic carbocycles. The monoisotopic (exact) mass is 1260 g/mol. The highest BCUT2D eigenvalue weighted by molar-refractivity contribution is 7.22. The van der Waals surface area contributed by atoms with Crippen molar-refractivity contribution >= 4 is 96.5 Å².